The molecule has 1 aromatic heterocycles. The van der Waals surface area contributed by atoms with Crippen LogP contribution in [0.2, 0.25) is 0 Å². The lowest BCUT2D eigenvalue weighted by Crippen LogP contribution is -2.41. The minimum atomic E-state index is -4.88. The summed E-state index contributed by atoms with van der Waals surface area (Å²) in [6.07, 6.45) is -2.82. The summed E-state index contributed by atoms with van der Waals surface area (Å²) in [5.41, 5.74) is 4.48. The topological polar surface area (TPSA) is 85.5 Å². The van der Waals surface area contributed by atoms with Crippen molar-refractivity contribution < 1.29 is 27.0 Å². The number of nitrogens with one attached hydrogen (secondary N) is 1. The molecular formula is C27H33F4N5O2. The van der Waals surface area contributed by atoms with Crippen LogP contribution >= 0.6 is 0 Å². The lowest BCUT2D eigenvalue weighted by Gasteiger charge is -2.31. The number of likely N-dealkylation sites (N-methyl/N-ethyl adjacent to an activating group) is 1. The maximum Gasteiger partial charge on any atom is 0.419 e. The second-order valence-corrected chi connectivity index (χ2v) is 10.4. The Balaban J connectivity index is 1.68. The molecule has 206 valence electrons. The average molecular weight is 536 g/mol. The number of ether oxygens (including phenoxy) is 2. The molecular weight excluding hydrogens is 502 g/mol. The van der Waals surface area contributed by atoms with Gasteiger partial charge >= 0.3 is 6.18 Å². The van der Waals surface area contributed by atoms with E-state index in [1.807, 2.05) is 0 Å². The summed E-state index contributed by atoms with van der Waals surface area (Å²) < 4.78 is 66.7. The fourth-order valence-electron chi connectivity index (χ4n) is 4.87. The number of hydrogen-bond acceptors (Lipinski definition) is 7. The highest BCUT2D eigenvalue weighted by Gasteiger charge is 2.37. The van der Waals surface area contributed by atoms with Gasteiger partial charge in [0.05, 0.1) is 24.2 Å². The first kappa shape index (κ1) is 27.7. The first-order valence-electron chi connectivity index (χ1n) is 12.4. The molecule has 0 radical (unpaired) electrons. The molecule has 3 aromatic rings. The van der Waals surface area contributed by atoms with Crippen molar-refractivity contribution in [3.8, 4) is 11.5 Å². The Hall–Kier alpha value is -3.34. The predicted molar refractivity (Wildman–Crippen MR) is 139 cm³/mol. The number of rotatable bonds is 7. The molecule has 11 heteroatoms. The number of alkyl halides is 3. The van der Waals surface area contributed by atoms with E-state index in [0.29, 0.717) is 46.7 Å². The number of benzene rings is 2. The molecule has 2 heterocycles. The maximum absolute atomic E-state index is 14.9. The molecule has 4 rings (SSSR count). The van der Waals surface area contributed by atoms with Crippen LogP contribution in [-0.4, -0.2) is 47.2 Å². The number of aryl methyl sites for hydroxylation is 1. The number of methoxy groups -OCH3 is 1. The number of likely N-dealkylation sites (tertiary alicyclic amines) is 1. The van der Waals surface area contributed by atoms with Gasteiger partial charge in [0.2, 0.25) is 0 Å². The molecule has 2 atom stereocenters. The number of hydrogen-bond donors (Lipinski definition) is 2. The number of aromatic nitrogens is 2. The van der Waals surface area contributed by atoms with E-state index < -0.39 is 23.6 Å². The van der Waals surface area contributed by atoms with Crippen molar-refractivity contribution in [3.05, 3.63) is 47.0 Å². The Bertz CT molecular complexity index is 1350. The summed E-state index contributed by atoms with van der Waals surface area (Å²) in [4.78, 5) is 11.2. The van der Waals surface area contributed by atoms with Crippen LogP contribution in [-0.2, 0) is 6.18 Å². The third-order valence-corrected chi connectivity index (χ3v) is 7.36. The van der Waals surface area contributed by atoms with Gasteiger partial charge in [-0.15, -0.1) is 0 Å². The first-order valence-corrected chi connectivity index (χ1v) is 12.4. The van der Waals surface area contributed by atoms with E-state index >= 15 is 0 Å². The summed E-state index contributed by atoms with van der Waals surface area (Å²) in [5, 5.41) is 3.60. The molecule has 1 saturated heterocycles. The molecule has 0 spiro atoms. The molecule has 0 amide bonds. The van der Waals surface area contributed by atoms with E-state index in [2.05, 4.69) is 41.1 Å². The SMILES string of the molecule is COc1cc2nc(C)nc(N[C@H](C)c3cc(N)cc(C(F)(F)F)c3F)c2cc1OC[C@@H]1CCC(C)(C)N1C. The summed E-state index contributed by atoms with van der Waals surface area (Å²) in [6.45, 7) is 8.07. The smallest absolute Gasteiger partial charge is 0.419 e. The van der Waals surface area contributed by atoms with Crippen LogP contribution < -0.4 is 20.5 Å². The van der Waals surface area contributed by atoms with Gasteiger partial charge < -0.3 is 20.5 Å². The van der Waals surface area contributed by atoms with Crippen molar-refractivity contribution in [2.24, 2.45) is 0 Å². The van der Waals surface area contributed by atoms with E-state index in [9.17, 15) is 17.6 Å². The molecule has 1 aliphatic rings. The molecule has 3 N–H and O–H groups in total. The van der Waals surface area contributed by atoms with Crippen molar-refractivity contribution in [2.45, 2.75) is 64.3 Å². The van der Waals surface area contributed by atoms with Gasteiger partial charge in [0.25, 0.3) is 0 Å². The van der Waals surface area contributed by atoms with Crippen LogP contribution in [0.1, 0.15) is 56.6 Å². The standard InChI is InChI=1S/C27H33F4N5O2/c1-14(18-9-16(32)10-20(24(18)28)27(29,30)31)33-25-19-11-23(22(37-6)12-21(19)34-15(2)35-25)38-13-17-7-8-26(3,4)36(17)5/h9-12,14,17H,7-8,13,32H2,1-6H3,(H,33,34,35)/t14-,17+/m1/s1. The number of nitrogen functional groups attached to an aromatic ring is 1. The molecule has 1 fully saturated rings. The highest BCUT2D eigenvalue weighted by Crippen LogP contribution is 2.39. The average Bonchev–Trinajstić information content (AvgIpc) is 3.09. The molecule has 1 aliphatic heterocycles. The van der Waals surface area contributed by atoms with E-state index in [-0.39, 0.29) is 22.8 Å². The van der Waals surface area contributed by atoms with Crippen LogP contribution in [0.4, 0.5) is 29.1 Å². The van der Waals surface area contributed by atoms with Gasteiger partial charge in [-0.3, -0.25) is 4.90 Å². The largest absolute Gasteiger partial charge is 0.493 e. The van der Waals surface area contributed by atoms with Crippen molar-refractivity contribution in [3.63, 3.8) is 0 Å². The molecule has 7 nitrogen and oxygen atoms in total. The Labute approximate surface area is 219 Å². The highest BCUT2D eigenvalue weighted by molar-refractivity contribution is 5.92. The zero-order valence-corrected chi connectivity index (χ0v) is 22.3. The zero-order chi connectivity index (χ0) is 28.0. The number of halogens is 4. The molecule has 0 saturated carbocycles. The monoisotopic (exact) mass is 535 g/mol. The first-order chi connectivity index (χ1) is 17.7. The molecule has 0 unspecified atom stereocenters. The summed E-state index contributed by atoms with van der Waals surface area (Å²) in [6, 6.07) is 4.58. The third kappa shape index (κ3) is 5.43. The van der Waals surface area contributed by atoms with Gasteiger partial charge in [0.1, 0.15) is 24.1 Å². The van der Waals surface area contributed by atoms with Gasteiger partial charge in [0, 0.05) is 34.3 Å². The van der Waals surface area contributed by atoms with Gasteiger partial charge in [-0.25, -0.2) is 14.4 Å². The fraction of sp³-hybridized carbons (Fsp3) is 0.481. The van der Waals surface area contributed by atoms with Crippen LogP contribution in [0.15, 0.2) is 24.3 Å². The van der Waals surface area contributed by atoms with E-state index in [1.165, 1.54) is 13.2 Å². The zero-order valence-electron chi connectivity index (χ0n) is 22.3. The van der Waals surface area contributed by atoms with Crippen LogP contribution in [0, 0.1) is 12.7 Å². The lowest BCUT2D eigenvalue weighted by atomic mass is 10.0. The van der Waals surface area contributed by atoms with E-state index in [1.54, 1.807) is 26.0 Å². The van der Waals surface area contributed by atoms with Gasteiger partial charge in [-0.05, 0) is 65.8 Å². The predicted octanol–water partition coefficient (Wildman–Crippen LogP) is 6.11. The van der Waals surface area contributed by atoms with Crippen molar-refractivity contribution in [1.29, 1.82) is 0 Å². The number of nitrogens with zero attached hydrogens (tertiary/aromatic N) is 3. The Morgan fingerprint density at radius 1 is 1.18 bits per heavy atom. The molecule has 2 aromatic carbocycles. The lowest BCUT2D eigenvalue weighted by molar-refractivity contribution is -0.140. The summed E-state index contributed by atoms with van der Waals surface area (Å²) in [5.74, 6) is 0.335. The summed E-state index contributed by atoms with van der Waals surface area (Å²) in [7, 11) is 3.62. The van der Waals surface area contributed by atoms with Crippen LogP contribution in [0.3, 0.4) is 0 Å². The Morgan fingerprint density at radius 3 is 2.50 bits per heavy atom. The Kier molecular flexibility index (Phi) is 7.35. The van der Waals surface area contributed by atoms with Crippen LogP contribution in [0.25, 0.3) is 10.9 Å². The van der Waals surface area contributed by atoms with Crippen molar-refractivity contribution in [2.75, 3.05) is 31.8 Å². The normalized spacial score (nSPS) is 18.5. The quantitative estimate of drug-likeness (QED) is 0.279. The minimum Gasteiger partial charge on any atom is -0.493 e. The van der Waals surface area contributed by atoms with Crippen molar-refractivity contribution in [1.82, 2.24) is 14.9 Å². The third-order valence-electron chi connectivity index (χ3n) is 7.36. The second kappa shape index (κ2) is 10.1. The molecule has 0 bridgehead atoms. The second-order valence-electron chi connectivity index (χ2n) is 10.4. The number of nitrogens with two attached hydrogens (primary N) is 1. The number of fused-ring (bicyclic) bond motifs is 1. The van der Waals surface area contributed by atoms with E-state index in [4.69, 9.17) is 15.2 Å². The van der Waals surface area contributed by atoms with Gasteiger partial charge in [-0.2, -0.15) is 13.2 Å². The van der Waals surface area contributed by atoms with Gasteiger partial charge in [0.15, 0.2) is 11.5 Å². The Morgan fingerprint density at radius 2 is 1.89 bits per heavy atom. The highest BCUT2D eigenvalue weighted by atomic mass is 19.4. The maximum atomic E-state index is 14.9. The van der Waals surface area contributed by atoms with Gasteiger partial charge in [-0.1, -0.05) is 0 Å². The van der Waals surface area contributed by atoms with Crippen molar-refractivity contribution >= 4 is 22.4 Å². The van der Waals surface area contributed by atoms with E-state index in [0.717, 1.165) is 12.8 Å². The fourth-order valence-corrected chi connectivity index (χ4v) is 4.87. The number of anilines is 2. The van der Waals surface area contributed by atoms with Crippen LogP contribution in [0.5, 0.6) is 11.5 Å². The minimum absolute atomic E-state index is 0.0855. The molecule has 0 aliphatic carbocycles. The molecule has 38 heavy (non-hydrogen) atoms. The summed E-state index contributed by atoms with van der Waals surface area (Å²) >= 11 is 0.